The molecule has 1 saturated heterocycles. The second kappa shape index (κ2) is 10.6. The molecular formula is C23H28N2O5. The summed E-state index contributed by atoms with van der Waals surface area (Å²) in [6, 6.07) is 14.1. The van der Waals surface area contributed by atoms with E-state index in [1.165, 1.54) is 0 Å². The van der Waals surface area contributed by atoms with Crippen LogP contribution in [0, 0.1) is 0 Å². The third-order valence-corrected chi connectivity index (χ3v) is 4.95. The van der Waals surface area contributed by atoms with E-state index in [1.54, 1.807) is 43.5 Å². The first-order valence-electron chi connectivity index (χ1n) is 10.2. The van der Waals surface area contributed by atoms with Crippen molar-refractivity contribution in [1.29, 1.82) is 0 Å². The minimum atomic E-state index is -0.732. The second-order valence-corrected chi connectivity index (χ2v) is 7.05. The molecule has 1 fully saturated rings. The second-order valence-electron chi connectivity index (χ2n) is 7.05. The summed E-state index contributed by atoms with van der Waals surface area (Å²) in [4.78, 5) is 25.5. The van der Waals surface area contributed by atoms with Crippen molar-refractivity contribution in [3.8, 4) is 11.5 Å². The van der Waals surface area contributed by atoms with E-state index in [1.807, 2.05) is 19.1 Å². The fraction of sp³-hybridized carbons (Fsp3) is 0.391. The number of nitrogens with one attached hydrogen (secondary N) is 2. The minimum absolute atomic E-state index is 0.0504. The van der Waals surface area contributed by atoms with E-state index in [2.05, 4.69) is 10.6 Å². The van der Waals surface area contributed by atoms with E-state index < -0.39 is 6.10 Å². The van der Waals surface area contributed by atoms with E-state index >= 15 is 0 Å². The Kier molecular flexibility index (Phi) is 7.68. The van der Waals surface area contributed by atoms with Gasteiger partial charge in [-0.2, -0.15) is 0 Å². The van der Waals surface area contributed by atoms with Crippen LogP contribution in [0.4, 0.5) is 5.69 Å². The average Bonchev–Trinajstić information content (AvgIpc) is 3.30. The Balaban J connectivity index is 1.66. The van der Waals surface area contributed by atoms with Crippen LogP contribution in [-0.4, -0.2) is 44.3 Å². The first kappa shape index (κ1) is 21.6. The lowest BCUT2D eigenvalue weighted by Gasteiger charge is -2.20. The van der Waals surface area contributed by atoms with Gasteiger partial charge in [-0.1, -0.05) is 31.2 Å². The Morgan fingerprint density at radius 2 is 1.87 bits per heavy atom. The molecule has 7 heteroatoms. The fourth-order valence-electron chi connectivity index (χ4n) is 3.30. The van der Waals surface area contributed by atoms with Crippen LogP contribution in [0.5, 0.6) is 11.5 Å². The van der Waals surface area contributed by atoms with E-state index in [9.17, 15) is 9.59 Å². The number of anilines is 1. The zero-order valence-corrected chi connectivity index (χ0v) is 17.4. The number of hydrogen-bond acceptors (Lipinski definition) is 5. The zero-order valence-electron chi connectivity index (χ0n) is 17.4. The molecule has 2 atom stereocenters. The number of para-hydroxylation sites is 3. The van der Waals surface area contributed by atoms with Crippen molar-refractivity contribution in [1.82, 2.24) is 5.32 Å². The third-order valence-electron chi connectivity index (χ3n) is 4.95. The lowest BCUT2D eigenvalue weighted by molar-refractivity contribution is -0.122. The molecule has 0 aliphatic carbocycles. The summed E-state index contributed by atoms with van der Waals surface area (Å²) in [5.74, 6) is 0.463. The highest BCUT2D eigenvalue weighted by molar-refractivity contribution is 6.04. The largest absolute Gasteiger partial charge is 0.493 e. The lowest BCUT2D eigenvalue weighted by atomic mass is 10.1. The molecule has 2 aromatic carbocycles. The highest BCUT2D eigenvalue weighted by Gasteiger charge is 2.23. The molecule has 1 aliphatic heterocycles. The van der Waals surface area contributed by atoms with Crippen molar-refractivity contribution in [2.24, 2.45) is 0 Å². The quantitative estimate of drug-likeness (QED) is 0.659. The number of hydrogen-bond donors (Lipinski definition) is 2. The molecule has 1 aliphatic rings. The van der Waals surface area contributed by atoms with E-state index in [0.29, 0.717) is 35.7 Å². The standard InChI is InChI=1S/C23H28N2O5/c1-3-19(30-21-13-7-6-12-20(21)28-2)23(27)25-18-11-5-4-10-17(18)22(26)24-15-16-9-8-14-29-16/h4-7,10-13,16,19H,3,8-9,14-15H2,1-2H3,(H,24,26)(H,25,27)/t16-,19-/m1/s1. The summed E-state index contributed by atoms with van der Waals surface area (Å²) in [6.45, 7) is 3.05. The Labute approximate surface area is 176 Å². The molecule has 2 amide bonds. The van der Waals surface area contributed by atoms with E-state index in [0.717, 1.165) is 19.4 Å². The van der Waals surface area contributed by atoms with Gasteiger partial charge in [0.05, 0.1) is 24.5 Å². The lowest BCUT2D eigenvalue weighted by Crippen LogP contribution is -2.35. The van der Waals surface area contributed by atoms with Crippen LogP contribution in [0.1, 0.15) is 36.5 Å². The van der Waals surface area contributed by atoms with Crippen LogP contribution in [0.25, 0.3) is 0 Å². The predicted octanol–water partition coefficient (Wildman–Crippen LogP) is 3.40. The molecule has 0 bridgehead atoms. The van der Waals surface area contributed by atoms with Gasteiger partial charge in [0.25, 0.3) is 11.8 Å². The first-order chi connectivity index (χ1) is 14.6. The maximum Gasteiger partial charge on any atom is 0.265 e. The summed E-state index contributed by atoms with van der Waals surface area (Å²) in [7, 11) is 1.55. The Bertz CT molecular complexity index is 864. The third kappa shape index (κ3) is 5.51. The molecule has 30 heavy (non-hydrogen) atoms. The van der Waals surface area contributed by atoms with Gasteiger partial charge in [0, 0.05) is 13.2 Å². The molecule has 7 nitrogen and oxygen atoms in total. The topological polar surface area (TPSA) is 85.9 Å². The summed E-state index contributed by atoms with van der Waals surface area (Å²) in [5.41, 5.74) is 0.838. The number of ether oxygens (including phenoxy) is 3. The first-order valence-corrected chi connectivity index (χ1v) is 10.2. The van der Waals surface area contributed by atoms with Crippen LogP contribution in [-0.2, 0) is 9.53 Å². The highest BCUT2D eigenvalue weighted by Crippen LogP contribution is 2.27. The van der Waals surface area contributed by atoms with Gasteiger partial charge >= 0.3 is 0 Å². The van der Waals surface area contributed by atoms with E-state index in [4.69, 9.17) is 14.2 Å². The van der Waals surface area contributed by atoms with Gasteiger partial charge in [0.15, 0.2) is 17.6 Å². The van der Waals surface area contributed by atoms with Gasteiger partial charge in [-0.05, 0) is 43.5 Å². The van der Waals surface area contributed by atoms with Crippen molar-refractivity contribution in [3.05, 3.63) is 54.1 Å². The van der Waals surface area contributed by atoms with Crippen molar-refractivity contribution in [2.75, 3.05) is 25.6 Å². The van der Waals surface area contributed by atoms with Gasteiger partial charge in [-0.3, -0.25) is 9.59 Å². The molecule has 1 heterocycles. The molecule has 160 valence electrons. The zero-order chi connectivity index (χ0) is 21.3. The van der Waals surface area contributed by atoms with Crippen molar-refractivity contribution < 1.29 is 23.8 Å². The van der Waals surface area contributed by atoms with Gasteiger partial charge < -0.3 is 24.8 Å². The van der Waals surface area contributed by atoms with Gasteiger partial charge in [0.2, 0.25) is 0 Å². The molecular weight excluding hydrogens is 384 g/mol. The number of carbonyl (C=O) groups is 2. The molecule has 0 radical (unpaired) electrons. The summed E-state index contributed by atoms with van der Waals surface area (Å²) < 4.78 is 16.7. The maximum atomic E-state index is 12.9. The van der Waals surface area contributed by atoms with Gasteiger partial charge in [-0.15, -0.1) is 0 Å². The molecule has 2 aromatic rings. The van der Waals surface area contributed by atoms with Crippen LogP contribution in [0.2, 0.25) is 0 Å². The number of rotatable bonds is 9. The van der Waals surface area contributed by atoms with E-state index in [-0.39, 0.29) is 17.9 Å². The van der Waals surface area contributed by atoms with Crippen molar-refractivity contribution in [3.63, 3.8) is 0 Å². The highest BCUT2D eigenvalue weighted by atomic mass is 16.5. The molecule has 0 saturated carbocycles. The maximum absolute atomic E-state index is 12.9. The Morgan fingerprint density at radius 3 is 2.57 bits per heavy atom. The number of carbonyl (C=O) groups excluding carboxylic acids is 2. The van der Waals surface area contributed by atoms with Gasteiger partial charge in [-0.25, -0.2) is 0 Å². The number of methoxy groups -OCH3 is 1. The average molecular weight is 412 g/mol. The SMILES string of the molecule is CC[C@@H](Oc1ccccc1OC)C(=O)Nc1ccccc1C(=O)NC[C@H]1CCCO1. The Hall–Kier alpha value is -3.06. The molecule has 2 N–H and O–H groups in total. The monoisotopic (exact) mass is 412 g/mol. The van der Waals surface area contributed by atoms with Gasteiger partial charge in [0.1, 0.15) is 0 Å². The predicted molar refractivity (Wildman–Crippen MR) is 114 cm³/mol. The fourth-order valence-corrected chi connectivity index (χ4v) is 3.30. The molecule has 0 aromatic heterocycles. The van der Waals surface area contributed by atoms with Crippen LogP contribution in [0.3, 0.4) is 0 Å². The molecule has 0 unspecified atom stereocenters. The van der Waals surface area contributed by atoms with Crippen molar-refractivity contribution >= 4 is 17.5 Å². The van der Waals surface area contributed by atoms with Crippen LogP contribution < -0.4 is 20.1 Å². The smallest absolute Gasteiger partial charge is 0.265 e. The summed E-state index contributed by atoms with van der Waals surface area (Å²) in [5, 5.41) is 5.72. The summed E-state index contributed by atoms with van der Waals surface area (Å²) >= 11 is 0. The summed E-state index contributed by atoms with van der Waals surface area (Å²) in [6.07, 6.45) is 1.73. The van der Waals surface area contributed by atoms with Crippen molar-refractivity contribution in [2.45, 2.75) is 38.4 Å². The number of benzene rings is 2. The molecule has 3 rings (SSSR count). The number of amides is 2. The Morgan fingerprint density at radius 1 is 1.13 bits per heavy atom. The van der Waals surface area contributed by atoms with Crippen LogP contribution in [0.15, 0.2) is 48.5 Å². The molecule has 0 spiro atoms. The van der Waals surface area contributed by atoms with Crippen LogP contribution >= 0.6 is 0 Å². The normalized spacial score (nSPS) is 16.5. The minimum Gasteiger partial charge on any atom is -0.493 e.